The molecule has 228 valence electrons. The van der Waals surface area contributed by atoms with Crippen molar-refractivity contribution in [2.45, 2.75) is 61.7 Å². The second kappa shape index (κ2) is 12.9. The van der Waals surface area contributed by atoms with Crippen LogP contribution in [0.15, 0.2) is 73.8 Å². The molecular formula is C34H40ClN3O4S. The second-order valence-corrected chi connectivity index (χ2v) is 13.7. The fourth-order valence-electron chi connectivity index (χ4n) is 7.40. The summed E-state index contributed by atoms with van der Waals surface area (Å²) in [7, 11) is 0. The molecule has 1 spiro atoms. The van der Waals surface area contributed by atoms with Crippen molar-refractivity contribution in [2.75, 3.05) is 24.6 Å². The molecule has 3 heterocycles. The highest BCUT2D eigenvalue weighted by molar-refractivity contribution is 8.02. The van der Waals surface area contributed by atoms with E-state index in [1.54, 1.807) is 44.7 Å². The molecule has 5 rings (SSSR count). The zero-order chi connectivity index (χ0) is 30.9. The maximum atomic E-state index is 14.8. The molecule has 2 bridgehead atoms. The molecular weight excluding hydrogens is 582 g/mol. The smallest absolute Gasteiger partial charge is 0.251 e. The third-order valence-corrected chi connectivity index (χ3v) is 11.5. The third kappa shape index (κ3) is 5.32. The number of aryl methyl sites for hydroxylation is 1. The molecule has 2 aromatic rings. The van der Waals surface area contributed by atoms with Gasteiger partial charge < -0.3 is 19.8 Å². The quantitative estimate of drug-likeness (QED) is 0.328. The zero-order valence-corrected chi connectivity index (χ0v) is 26.4. The number of aliphatic hydroxyl groups is 1. The predicted octanol–water partition coefficient (Wildman–Crippen LogP) is 5.24. The van der Waals surface area contributed by atoms with Gasteiger partial charge >= 0.3 is 0 Å². The Morgan fingerprint density at radius 2 is 1.86 bits per heavy atom. The lowest BCUT2D eigenvalue weighted by Gasteiger charge is -2.40. The highest BCUT2D eigenvalue weighted by Crippen LogP contribution is 2.67. The SMILES string of the molecule is C=CCN(Cc1ccccc1)C(=O)[C@@H]1[C@@H]2CCC3(S2)C(C(=O)N(CC=C)c2c(C)cccc2Cl)N([C@@H](CC)CO)C(=O)[C@H]13. The molecule has 3 saturated heterocycles. The summed E-state index contributed by atoms with van der Waals surface area (Å²) >= 11 is 8.29. The first-order valence-corrected chi connectivity index (χ1v) is 16.2. The number of aliphatic hydroxyl groups excluding tert-OH is 1. The summed E-state index contributed by atoms with van der Waals surface area (Å²) in [5.74, 6) is -1.80. The van der Waals surface area contributed by atoms with Crippen LogP contribution >= 0.6 is 23.4 Å². The minimum Gasteiger partial charge on any atom is -0.394 e. The summed E-state index contributed by atoms with van der Waals surface area (Å²) in [5.41, 5.74) is 2.42. The second-order valence-electron chi connectivity index (χ2n) is 11.7. The number of rotatable bonds is 12. The van der Waals surface area contributed by atoms with E-state index in [9.17, 15) is 19.5 Å². The predicted molar refractivity (Wildman–Crippen MR) is 173 cm³/mol. The van der Waals surface area contributed by atoms with Gasteiger partial charge in [0.15, 0.2) is 0 Å². The van der Waals surface area contributed by atoms with Crippen molar-refractivity contribution in [3.63, 3.8) is 0 Å². The van der Waals surface area contributed by atoms with E-state index in [4.69, 9.17) is 11.6 Å². The van der Waals surface area contributed by atoms with Crippen LogP contribution in [0.5, 0.6) is 0 Å². The highest BCUT2D eigenvalue weighted by Gasteiger charge is 2.74. The maximum Gasteiger partial charge on any atom is 0.251 e. The Hall–Kier alpha value is -3.07. The number of benzene rings is 2. The van der Waals surface area contributed by atoms with Gasteiger partial charge in [-0.05, 0) is 43.4 Å². The molecule has 0 aliphatic carbocycles. The van der Waals surface area contributed by atoms with E-state index >= 15 is 0 Å². The number of amides is 3. The van der Waals surface area contributed by atoms with E-state index in [1.807, 2.05) is 56.3 Å². The number of hydrogen-bond acceptors (Lipinski definition) is 5. The van der Waals surface area contributed by atoms with Crippen molar-refractivity contribution < 1.29 is 19.5 Å². The van der Waals surface area contributed by atoms with Gasteiger partial charge in [-0.25, -0.2) is 0 Å². The number of fused-ring (bicyclic) bond motifs is 1. The first kappa shape index (κ1) is 31.4. The molecule has 9 heteroatoms. The van der Waals surface area contributed by atoms with E-state index in [0.29, 0.717) is 36.6 Å². The lowest BCUT2D eigenvalue weighted by atomic mass is 9.70. The molecule has 2 aromatic carbocycles. The van der Waals surface area contributed by atoms with Crippen LogP contribution in [0.1, 0.15) is 37.3 Å². The number of anilines is 1. The Bertz CT molecular complexity index is 1380. The number of carbonyl (C=O) groups is 3. The molecule has 0 radical (unpaired) electrons. The van der Waals surface area contributed by atoms with E-state index in [2.05, 4.69) is 13.2 Å². The average molecular weight is 622 g/mol. The summed E-state index contributed by atoms with van der Waals surface area (Å²) in [6, 6.07) is 13.9. The van der Waals surface area contributed by atoms with Gasteiger partial charge in [0.05, 0.1) is 39.9 Å². The summed E-state index contributed by atoms with van der Waals surface area (Å²) in [6.45, 7) is 12.3. The van der Waals surface area contributed by atoms with Gasteiger partial charge in [0.2, 0.25) is 11.8 Å². The first-order chi connectivity index (χ1) is 20.7. The summed E-state index contributed by atoms with van der Waals surface area (Å²) in [5, 5.41) is 10.8. The zero-order valence-electron chi connectivity index (χ0n) is 24.8. The van der Waals surface area contributed by atoms with Crippen LogP contribution < -0.4 is 4.90 Å². The molecule has 6 atom stereocenters. The van der Waals surface area contributed by atoms with Gasteiger partial charge in [0.25, 0.3) is 5.91 Å². The highest BCUT2D eigenvalue weighted by atomic mass is 35.5. The molecule has 3 aliphatic rings. The Morgan fingerprint density at radius 3 is 2.49 bits per heavy atom. The van der Waals surface area contributed by atoms with Gasteiger partial charge in [-0.2, -0.15) is 0 Å². The number of hydrogen-bond donors (Lipinski definition) is 1. The van der Waals surface area contributed by atoms with Gasteiger partial charge in [-0.3, -0.25) is 14.4 Å². The molecule has 7 nitrogen and oxygen atoms in total. The Labute approximate surface area is 263 Å². The van der Waals surface area contributed by atoms with E-state index < -0.39 is 28.7 Å². The fourth-order valence-corrected chi connectivity index (χ4v) is 9.91. The topological polar surface area (TPSA) is 81.2 Å². The van der Waals surface area contributed by atoms with E-state index in [0.717, 1.165) is 17.5 Å². The standard InChI is InChI=1S/C34H40ClN3O4S/c1-5-18-36(20-23-13-9-8-10-14-23)31(40)27-26-16-17-34(43-26)28(27)32(41)38(24(7-3)21-39)30(34)33(42)37(19-6-2)29-22(4)12-11-15-25(29)35/h5-6,8-15,24,26-28,30,39H,1-2,7,16-21H2,3-4H3/t24-,26-,27+,28-,30?,34?/m0/s1. The normalized spacial score (nSPS) is 26.2. The lowest BCUT2D eigenvalue weighted by Crippen LogP contribution is -2.57. The van der Waals surface area contributed by atoms with Crippen LogP contribution in [-0.4, -0.2) is 74.4 Å². The Kier molecular flexibility index (Phi) is 9.40. The maximum absolute atomic E-state index is 14.8. The molecule has 3 fully saturated rings. The minimum atomic E-state index is -0.854. The molecule has 3 aliphatic heterocycles. The molecule has 0 aromatic heterocycles. The number of thioether (sulfide) groups is 1. The Balaban J connectivity index is 1.58. The Morgan fingerprint density at radius 1 is 1.14 bits per heavy atom. The van der Waals surface area contributed by atoms with Crippen molar-refractivity contribution in [3.05, 3.63) is 90.0 Å². The number of carbonyl (C=O) groups excluding carboxylic acids is 3. The molecule has 43 heavy (non-hydrogen) atoms. The van der Waals surface area contributed by atoms with Crippen molar-refractivity contribution in [3.8, 4) is 0 Å². The fraction of sp³-hybridized carbons (Fsp3) is 0.441. The number of para-hydroxylation sites is 1. The largest absolute Gasteiger partial charge is 0.394 e. The molecule has 3 amide bonds. The number of nitrogens with zero attached hydrogens (tertiary/aromatic N) is 3. The van der Waals surface area contributed by atoms with Crippen LogP contribution in [0.3, 0.4) is 0 Å². The molecule has 0 saturated carbocycles. The van der Waals surface area contributed by atoms with E-state index in [-0.39, 0.29) is 36.1 Å². The van der Waals surface area contributed by atoms with Gasteiger partial charge in [-0.15, -0.1) is 24.9 Å². The lowest BCUT2D eigenvalue weighted by molar-refractivity contribution is -0.145. The van der Waals surface area contributed by atoms with Crippen LogP contribution in [0.2, 0.25) is 5.02 Å². The van der Waals surface area contributed by atoms with Crippen LogP contribution in [0.4, 0.5) is 5.69 Å². The number of halogens is 1. The van der Waals surface area contributed by atoms with Crippen molar-refractivity contribution in [1.29, 1.82) is 0 Å². The summed E-state index contributed by atoms with van der Waals surface area (Å²) in [6.07, 6.45) is 5.22. The first-order valence-electron chi connectivity index (χ1n) is 15.0. The monoisotopic (exact) mass is 621 g/mol. The third-order valence-electron chi connectivity index (χ3n) is 9.25. The van der Waals surface area contributed by atoms with Crippen molar-refractivity contribution in [2.24, 2.45) is 11.8 Å². The number of likely N-dealkylation sites (tertiary alicyclic amines) is 1. The van der Waals surface area contributed by atoms with Gasteiger partial charge in [-0.1, -0.05) is 73.1 Å². The van der Waals surface area contributed by atoms with E-state index in [1.165, 1.54) is 0 Å². The van der Waals surface area contributed by atoms with Crippen molar-refractivity contribution in [1.82, 2.24) is 9.80 Å². The van der Waals surface area contributed by atoms with Crippen molar-refractivity contribution >= 4 is 46.8 Å². The van der Waals surface area contributed by atoms with Gasteiger partial charge in [0.1, 0.15) is 6.04 Å². The molecule has 1 N–H and O–H groups in total. The van der Waals surface area contributed by atoms with Crippen LogP contribution in [-0.2, 0) is 20.9 Å². The molecule has 2 unspecified atom stereocenters. The van der Waals surface area contributed by atoms with Gasteiger partial charge in [0, 0.05) is 24.9 Å². The summed E-state index contributed by atoms with van der Waals surface area (Å²) < 4.78 is -0.789. The average Bonchev–Trinajstić information content (AvgIpc) is 3.64. The minimum absolute atomic E-state index is 0.0777. The van der Waals surface area contributed by atoms with Crippen LogP contribution in [0, 0.1) is 18.8 Å². The summed E-state index contributed by atoms with van der Waals surface area (Å²) in [4.78, 5) is 48.8. The van der Waals surface area contributed by atoms with Crippen LogP contribution in [0.25, 0.3) is 0 Å².